The summed E-state index contributed by atoms with van der Waals surface area (Å²) in [6.07, 6.45) is 3.36. The summed E-state index contributed by atoms with van der Waals surface area (Å²) in [4.78, 5) is 14.3. The van der Waals surface area contributed by atoms with E-state index in [1.165, 1.54) is 0 Å². The molecule has 0 fully saturated rings. The summed E-state index contributed by atoms with van der Waals surface area (Å²) in [5.74, 6) is 0.658. The smallest absolute Gasteiger partial charge is 0.186 e. The summed E-state index contributed by atoms with van der Waals surface area (Å²) in [7, 11) is 0. The fourth-order valence-electron chi connectivity index (χ4n) is 1.93. The minimum Gasteiger partial charge on any atom is -0.479 e. The number of allylic oxidation sites excluding steroid dienone is 1. The van der Waals surface area contributed by atoms with E-state index in [9.17, 15) is 4.79 Å². The Kier molecular flexibility index (Phi) is 4.91. The molecule has 0 saturated heterocycles. The first-order valence-corrected chi connectivity index (χ1v) is 7.31. The van der Waals surface area contributed by atoms with Gasteiger partial charge in [-0.25, -0.2) is 0 Å². The Morgan fingerprint density at radius 1 is 1.33 bits per heavy atom. The third-order valence-electron chi connectivity index (χ3n) is 2.92. The molecule has 0 unspecified atom stereocenters. The third kappa shape index (κ3) is 4.04. The Morgan fingerprint density at radius 2 is 2.05 bits per heavy atom. The molecule has 106 valence electrons. The van der Waals surface area contributed by atoms with Gasteiger partial charge in [0.15, 0.2) is 12.4 Å². The van der Waals surface area contributed by atoms with E-state index in [0.29, 0.717) is 5.75 Å². The van der Waals surface area contributed by atoms with E-state index in [0.717, 1.165) is 20.9 Å². The Morgan fingerprint density at radius 3 is 2.62 bits per heavy atom. The van der Waals surface area contributed by atoms with Crippen LogP contribution in [0.2, 0.25) is 0 Å². The molecule has 2 aromatic rings. The predicted molar refractivity (Wildman–Crippen MR) is 84.7 cm³/mol. The molecule has 0 bridgehead atoms. The fourth-order valence-corrected chi connectivity index (χ4v) is 2.86. The Hall–Kier alpha value is -2.38. The maximum absolute atomic E-state index is 12.1. The molecular weight excluding hydrogens is 282 g/mol. The summed E-state index contributed by atoms with van der Waals surface area (Å²) in [5, 5.41) is 8.44. The van der Waals surface area contributed by atoms with Gasteiger partial charge in [-0.15, -0.1) is 11.3 Å². The number of hydrogen-bond acceptors (Lipinski definition) is 4. The maximum Gasteiger partial charge on any atom is 0.186 e. The molecular formula is C17H15NO2S. The number of benzene rings is 1. The van der Waals surface area contributed by atoms with Crippen molar-refractivity contribution in [1.82, 2.24) is 0 Å². The summed E-state index contributed by atoms with van der Waals surface area (Å²) in [5.41, 5.74) is 1.68. The highest BCUT2D eigenvalue weighted by Crippen LogP contribution is 2.21. The van der Waals surface area contributed by atoms with E-state index >= 15 is 0 Å². The molecule has 21 heavy (non-hydrogen) atoms. The van der Waals surface area contributed by atoms with Gasteiger partial charge >= 0.3 is 0 Å². The molecule has 0 aliphatic heterocycles. The van der Waals surface area contributed by atoms with Crippen LogP contribution < -0.4 is 4.74 Å². The average molecular weight is 297 g/mol. The van der Waals surface area contributed by atoms with Crippen molar-refractivity contribution in [2.75, 3.05) is 6.61 Å². The minimum atomic E-state index is 0.0154. The number of thiophene rings is 1. The Labute approximate surface area is 128 Å². The van der Waals surface area contributed by atoms with Crippen LogP contribution in [-0.4, -0.2) is 12.4 Å². The van der Waals surface area contributed by atoms with Gasteiger partial charge in [-0.3, -0.25) is 4.79 Å². The lowest BCUT2D eigenvalue weighted by Crippen LogP contribution is -1.94. The lowest BCUT2D eigenvalue weighted by molar-refractivity contribution is 0.104. The Balaban J connectivity index is 2.05. The van der Waals surface area contributed by atoms with Crippen LogP contribution in [0, 0.1) is 25.2 Å². The summed E-state index contributed by atoms with van der Waals surface area (Å²) in [6.45, 7) is 3.99. The largest absolute Gasteiger partial charge is 0.479 e. The van der Waals surface area contributed by atoms with Crippen molar-refractivity contribution in [3.05, 3.63) is 57.3 Å². The summed E-state index contributed by atoms with van der Waals surface area (Å²) < 4.78 is 5.17. The van der Waals surface area contributed by atoms with Crippen LogP contribution in [0.25, 0.3) is 6.08 Å². The molecule has 0 atom stereocenters. The van der Waals surface area contributed by atoms with Crippen LogP contribution in [0.15, 0.2) is 36.4 Å². The molecule has 0 spiro atoms. The van der Waals surface area contributed by atoms with Crippen LogP contribution in [0.5, 0.6) is 5.75 Å². The Bertz CT molecular complexity index is 705. The van der Waals surface area contributed by atoms with E-state index in [4.69, 9.17) is 10.00 Å². The topological polar surface area (TPSA) is 50.1 Å². The van der Waals surface area contributed by atoms with E-state index in [2.05, 4.69) is 0 Å². The number of ketones is 1. The lowest BCUT2D eigenvalue weighted by Gasteiger charge is -2.01. The molecule has 0 aliphatic carbocycles. The zero-order valence-corrected chi connectivity index (χ0v) is 12.7. The van der Waals surface area contributed by atoms with Gasteiger partial charge in [-0.1, -0.05) is 18.2 Å². The van der Waals surface area contributed by atoms with Crippen LogP contribution >= 0.6 is 11.3 Å². The van der Waals surface area contributed by atoms with Crippen LogP contribution in [0.3, 0.4) is 0 Å². The second-order valence-electron chi connectivity index (χ2n) is 4.54. The number of carbonyl (C=O) groups excluding carboxylic acids is 1. The maximum atomic E-state index is 12.1. The number of carbonyl (C=O) groups is 1. The van der Waals surface area contributed by atoms with E-state index in [1.54, 1.807) is 35.6 Å². The minimum absolute atomic E-state index is 0.0154. The van der Waals surface area contributed by atoms with Gasteiger partial charge in [-0.2, -0.15) is 5.26 Å². The molecule has 1 aromatic carbocycles. The lowest BCUT2D eigenvalue weighted by atomic mass is 10.1. The van der Waals surface area contributed by atoms with Gasteiger partial charge < -0.3 is 4.74 Å². The zero-order valence-electron chi connectivity index (χ0n) is 11.9. The number of aryl methyl sites for hydroxylation is 2. The molecule has 0 saturated carbocycles. The number of rotatable bonds is 5. The van der Waals surface area contributed by atoms with Crippen LogP contribution in [0.1, 0.15) is 25.7 Å². The van der Waals surface area contributed by atoms with Crippen LogP contribution in [-0.2, 0) is 0 Å². The standard InChI is InChI=1S/C17H15NO2S/c1-12-11-16(13(2)21-12)17(19)8-5-14-3-6-15(7-4-14)20-10-9-18/h3-8,11H,10H2,1-2H3/b8-5+. The number of ether oxygens (including phenoxy) is 1. The monoisotopic (exact) mass is 297 g/mol. The van der Waals surface area contributed by atoms with Gasteiger partial charge in [-0.05, 0) is 43.7 Å². The van der Waals surface area contributed by atoms with Gasteiger partial charge in [0.25, 0.3) is 0 Å². The van der Waals surface area contributed by atoms with Gasteiger partial charge in [0.2, 0.25) is 0 Å². The second-order valence-corrected chi connectivity index (χ2v) is 6.00. The van der Waals surface area contributed by atoms with Crippen molar-refractivity contribution in [2.24, 2.45) is 0 Å². The normalized spacial score (nSPS) is 10.5. The van der Waals surface area contributed by atoms with Crippen molar-refractivity contribution < 1.29 is 9.53 Å². The van der Waals surface area contributed by atoms with E-state index in [-0.39, 0.29) is 12.4 Å². The van der Waals surface area contributed by atoms with Crippen molar-refractivity contribution in [2.45, 2.75) is 13.8 Å². The van der Waals surface area contributed by atoms with Crippen molar-refractivity contribution >= 4 is 23.2 Å². The van der Waals surface area contributed by atoms with Crippen molar-refractivity contribution in [1.29, 1.82) is 5.26 Å². The van der Waals surface area contributed by atoms with Gasteiger partial charge in [0.05, 0.1) is 0 Å². The second kappa shape index (κ2) is 6.87. The molecule has 1 aromatic heterocycles. The molecule has 0 amide bonds. The zero-order chi connectivity index (χ0) is 15.2. The molecule has 0 N–H and O–H groups in total. The summed E-state index contributed by atoms with van der Waals surface area (Å²) >= 11 is 1.63. The molecule has 0 radical (unpaired) electrons. The third-order valence-corrected chi connectivity index (χ3v) is 3.88. The molecule has 0 aliphatic rings. The first-order valence-electron chi connectivity index (χ1n) is 6.49. The van der Waals surface area contributed by atoms with Crippen molar-refractivity contribution in [3.63, 3.8) is 0 Å². The average Bonchev–Trinajstić information content (AvgIpc) is 2.82. The number of nitriles is 1. The highest BCUT2D eigenvalue weighted by molar-refractivity contribution is 7.12. The summed E-state index contributed by atoms with van der Waals surface area (Å²) in [6, 6.07) is 11.1. The fraction of sp³-hybridized carbons (Fsp3) is 0.176. The molecule has 1 heterocycles. The predicted octanol–water partition coefficient (Wildman–Crippen LogP) is 4.16. The number of nitrogens with zero attached hydrogens (tertiary/aromatic N) is 1. The van der Waals surface area contributed by atoms with E-state index < -0.39 is 0 Å². The highest BCUT2D eigenvalue weighted by Gasteiger charge is 2.08. The molecule has 4 heteroatoms. The van der Waals surface area contributed by atoms with Crippen molar-refractivity contribution in [3.8, 4) is 11.8 Å². The first kappa shape index (κ1) is 15.0. The molecule has 2 rings (SSSR count). The number of hydrogen-bond donors (Lipinski definition) is 0. The first-order chi connectivity index (χ1) is 10.1. The molecule has 3 nitrogen and oxygen atoms in total. The highest BCUT2D eigenvalue weighted by atomic mass is 32.1. The quantitative estimate of drug-likeness (QED) is 0.615. The SMILES string of the molecule is Cc1cc(C(=O)/C=C/c2ccc(OCC#N)cc2)c(C)s1. The van der Waals surface area contributed by atoms with Gasteiger partial charge in [0, 0.05) is 15.3 Å². The van der Waals surface area contributed by atoms with Gasteiger partial charge in [0.1, 0.15) is 11.8 Å². The van der Waals surface area contributed by atoms with E-state index in [1.807, 2.05) is 38.1 Å². The van der Waals surface area contributed by atoms with Crippen LogP contribution in [0.4, 0.5) is 0 Å².